The summed E-state index contributed by atoms with van der Waals surface area (Å²) >= 11 is 3.16. The Morgan fingerprint density at radius 1 is 1.20 bits per heavy atom. The van der Waals surface area contributed by atoms with Crippen LogP contribution in [0.25, 0.3) is 0 Å². The molecule has 20 heavy (non-hydrogen) atoms. The predicted octanol–water partition coefficient (Wildman–Crippen LogP) is 4.91. The Bertz CT molecular complexity index is 657. The first-order valence-corrected chi connectivity index (χ1v) is 7.26. The number of hydrogen-bond donors (Lipinski definition) is 1. The lowest BCUT2D eigenvalue weighted by atomic mass is 9.94. The van der Waals surface area contributed by atoms with Crippen LogP contribution in [0.2, 0.25) is 0 Å². The largest absolute Gasteiger partial charge is 0.485 e. The van der Waals surface area contributed by atoms with E-state index in [1.807, 2.05) is 44.2 Å². The first-order valence-electron chi connectivity index (χ1n) is 6.47. The Labute approximate surface area is 126 Å². The second kappa shape index (κ2) is 4.77. The van der Waals surface area contributed by atoms with Crippen molar-refractivity contribution in [2.45, 2.75) is 25.5 Å². The van der Waals surface area contributed by atoms with Gasteiger partial charge >= 0.3 is 0 Å². The van der Waals surface area contributed by atoms with Gasteiger partial charge in [0.05, 0.1) is 10.5 Å². The second-order valence-corrected chi connectivity index (χ2v) is 6.30. The van der Waals surface area contributed by atoms with Crippen LogP contribution in [-0.2, 0) is 0 Å². The summed E-state index contributed by atoms with van der Waals surface area (Å²) in [5.74, 6) is 0.604. The van der Waals surface area contributed by atoms with Crippen molar-refractivity contribution in [2.75, 3.05) is 5.32 Å². The molecule has 1 unspecified atom stereocenters. The van der Waals surface area contributed by atoms with E-state index >= 15 is 0 Å². The van der Waals surface area contributed by atoms with Gasteiger partial charge in [0.15, 0.2) is 0 Å². The summed E-state index contributed by atoms with van der Waals surface area (Å²) in [5.41, 5.74) is 1.46. The van der Waals surface area contributed by atoms with Crippen LogP contribution >= 0.6 is 15.9 Å². The second-order valence-electron chi connectivity index (χ2n) is 5.45. The van der Waals surface area contributed by atoms with Gasteiger partial charge in [-0.15, -0.1) is 0 Å². The van der Waals surface area contributed by atoms with Gasteiger partial charge < -0.3 is 10.1 Å². The van der Waals surface area contributed by atoms with Crippen LogP contribution in [0.1, 0.15) is 25.5 Å². The van der Waals surface area contributed by atoms with Gasteiger partial charge in [-0.2, -0.15) is 0 Å². The van der Waals surface area contributed by atoms with Gasteiger partial charge in [0.1, 0.15) is 17.2 Å². The van der Waals surface area contributed by atoms with Gasteiger partial charge in [-0.1, -0.05) is 18.2 Å². The van der Waals surface area contributed by atoms with E-state index in [2.05, 4.69) is 21.2 Å². The molecule has 2 aromatic carbocycles. The van der Waals surface area contributed by atoms with E-state index in [1.165, 1.54) is 6.07 Å². The van der Waals surface area contributed by atoms with Crippen molar-refractivity contribution in [1.82, 2.24) is 0 Å². The van der Waals surface area contributed by atoms with E-state index in [4.69, 9.17) is 4.74 Å². The summed E-state index contributed by atoms with van der Waals surface area (Å²) in [4.78, 5) is 0. The average Bonchev–Trinajstić information content (AvgIpc) is 2.65. The highest BCUT2D eigenvalue weighted by Gasteiger charge is 2.40. The average molecular weight is 336 g/mol. The monoisotopic (exact) mass is 335 g/mol. The third kappa shape index (κ3) is 2.29. The fourth-order valence-electron chi connectivity index (χ4n) is 2.53. The number of halogens is 2. The van der Waals surface area contributed by atoms with E-state index < -0.39 is 0 Å². The van der Waals surface area contributed by atoms with Crippen molar-refractivity contribution in [2.24, 2.45) is 0 Å². The summed E-state index contributed by atoms with van der Waals surface area (Å²) < 4.78 is 20.1. The van der Waals surface area contributed by atoms with Crippen LogP contribution in [0.15, 0.2) is 46.9 Å². The first-order chi connectivity index (χ1) is 9.47. The van der Waals surface area contributed by atoms with Crippen molar-refractivity contribution in [1.29, 1.82) is 0 Å². The van der Waals surface area contributed by atoms with E-state index in [0.29, 0.717) is 4.47 Å². The van der Waals surface area contributed by atoms with Gasteiger partial charge in [0.2, 0.25) is 0 Å². The van der Waals surface area contributed by atoms with Crippen LogP contribution in [0.4, 0.5) is 10.1 Å². The van der Waals surface area contributed by atoms with Crippen LogP contribution in [0.3, 0.4) is 0 Å². The number of fused-ring (bicyclic) bond motifs is 1. The lowest BCUT2D eigenvalue weighted by Gasteiger charge is -2.28. The van der Waals surface area contributed by atoms with Gasteiger partial charge in [-0.05, 0) is 54.0 Å². The Hall–Kier alpha value is -1.55. The van der Waals surface area contributed by atoms with Crippen molar-refractivity contribution >= 4 is 21.6 Å². The lowest BCUT2D eigenvalue weighted by molar-refractivity contribution is 0.118. The SMILES string of the molecule is CC1(C)Oc2ccccc2C1Nc1ccc(Br)c(F)c1. The highest BCUT2D eigenvalue weighted by atomic mass is 79.9. The summed E-state index contributed by atoms with van der Waals surface area (Å²) in [6, 6.07) is 13.0. The zero-order valence-electron chi connectivity index (χ0n) is 11.3. The minimum atomic E-state index is -0.382. The number of ether oxygens (including phenoxy) is 1. The molecule has 0 spiro atoms. The fourth-order valence-corrected chi connectivity index (χ4v) is 2.78. The number of hydrogen-bond acceptors (Lipinski definition) is 2. The van der Waals surface area contributed by atoms with Gasteiger partial charge in [0.25, 0.3) is 0 Å². The summed E-state index contributed by atoms with van der Waals surface area (Å²) in [7, 11) is 0. The molecular formula is C16H15BrFNO. The topological polar surface area (TPSA) is 21.3 Å². The Morgan fingerprint density at radius 2 is 1.95 bits per heavy atom. The van der Waals surface area contributed by atoms with E-state index in [-0.39, 0.29) is 17.5 Å². The number of para-hydroxylation sites is 1. The molecule has 104 valence electrons. The molecule has 1 heterocycles. The van der Waals surface area contributed by atoms with Crippen molar-refractivity contribution in [3.05, 3.63) is 58.3 Å². The Kier molecular flexibility index (Phi) is 3.21. The van der Waals surface area contributed by atoms with Gasteiger partial charge in [-0.25, -0.2) is 4.39 Å². The molecule has 0 saturated carbocycles. The maximum absolute atomic E-state index is 13.6. The van der Waals surface area contributed by atoms with Gasteiger partial charge in [-0.3, -0.25) is 0 Å². The molecule has 0 bridgehead atoms. The molecule has 0 radical (unpaired) electrons. The molecule has 2 aromatic rings. The highest BCUT2D eigenvalue weighted by Crippen LogP contribution is 2.44. The molecule has 0 aromatic heterocycles. The van der Waals surface area contributed by atoms with E-state index in [9.17, 15) is 4.39 Å². The number of benzene rings is 2. The smallest absolute Gasteiger partial charge is 0.139 e. The maximum atomic E-state index is 13.6. The molecule has 0 aliphatic carbocycles. The number of rotatable bonds is 2. The van der Waals surface area contributed by atoms with Crippen molar-refractivity contribution in [3.8, 4) is 5.75 Å². The molecule has 1 aliphatic rings. The molecule has 4 heteroatoms. The molecule has 2 nitrogen and oxygen atoms in total. The van der Waals surface area contributed by atoms with Gasteiger partial charge in [0, 0.05) is 11.3 Å². The minimum Gasteiger partial charge on any atom is -0.485 e. The van der Waals surface area contributed by atoms with Crippen molar-refractivity contribution < 1.29 is 9.13 Å². The standard InChI is InChI=1S/C16H15BrFNO/c1-16(2)15(11-5-3-4-6-14(11)20-16)19-10-7-8-12(17)13(18)9-10/h3-9,15,19H,1-2H3. The molecule has 1 aliphatic heterocycles. The highest BCUT2D eigenvalue weighted by molar-refractivity contribution is 9.10. The minimum absolute atomic E-state index is 0.0146. The lowest BCUT2D eigenvalue weighted by Crippen LogP contribution is -2.34. The zero-order chi connectivity index (χ0) is 14.3. The quantitative estimate of drug-likeness (QED) is 0.841. The predicted molar refractivity (Wildman–Crippen MR) is 81.6 cm³/mol. The first kappa shape index (κ1) is 13.4. The molecule has 0 fully saturated rings. The molecule has 1 atom stereocenters. The number of nitrogens with one attached hydrogen (secondary N) is 1. The number of anilines is 1. The summed E-state index contributed by atoms with van der Waals surface area (Å²) in [6.45, 7) is 4.06. The Morgan fingerprint density at radius 3 is 2.70 bits per heavy atom. The normalized spacial score (nSPS) is 19.3. The van der Waals surface area contributed by atoms with Crippen LogP contribution < -0.4 is 10.1 Å². The fraction of sp³-hybridized carbons (Fsp3) is 0.250. The molecule has 0 saturated heterocycles. The van der Waals surface area contributed by atoms with E-state index in [1.54, 1.807) is 6.07 Å². The third-order valence-corrected chi connectivity index (χ3v) is 4.17. The van der Waals surface area contributed by atoms with Crippen LogP contribution in [0, 0.1) is 5.82 Å². The Balaban J connectivity index is 1.94. The molecular weight excluding hydrogens is 321 g/mol. The zero-order valence-corrected chi connectivity index (χ0v) is 12.9. The molecule has 3 rings (SSSR count). The van der Waals surface area contributed by atoms with Crippen LogP contribution in [-0.4, -0.2) is 5.60 Å². The van der Waals surface area contributed by atoms with Crippen LogP contribution in [0.5, 0.6) is 5.75 Å². The van der Waals surface area contributed by atoms with Crippen molar-refractivity contribution in [3.63, 3.8) is 0 Å². The molecule has 0 amide bonds. The van der Waals surface area contributed by atoms with E-state index in [0.717, 1.165) is 17.0 Å². The third-order valence-electron chi connectivity index (χ3n) is 3.53. The summed E-state index contributed by atoms with van der Waals surface area (Å²) in [6.07, 6.45) is 0. The maximum Gasteiger partial charge on any atom is 0.139 e. The molecule has 1 N–H and O–H groups in total. The summed E-state index contributed by atoms with van der Waals surface area (Å²) in [5, 5.41) is 3.37.